The lowest BCUT2D eigenvalue weighted by molar-refractivity contribution is 0.0706. The van der Waals surface area contributed by atoms with E-state index in [2.05, 4.69) is 51.7 Å². The van der Waals surface area contributed by atoms with Crippen molar-refractivity contribution >= 4 is 40.9 Å². The monoisotopic (exact) mass is 623 g/mol. The number of carbonyl (C=O) groups excluding carboxylic acids is 2. The minimum absolute atomic E-state index is 0. The highest BCUT2D eigenvalue weighted by Crippen LogP contribution is 2.35. The van der Waals surface area contributed by atoms with Crippen molar-refractivity contribution in [1.82, 2.24) is 19.4 Å². The number of halogens is 1. The lowest BCUT2D eigenvalue weighted by atomic mass is 10.0. The smallest absolute Gasteiger partial charge is 0.256 e. The summed E-state index contributed by atoms with van der Waals surface area (Å²) < 4.78 is 2.13. The van der Waals surface area contributed by atoms with Crippen LogP contribution in [0.15, 0.2) is 97.2 Å². The number of aryl methyl sites for hydroxylation is 2. The Kier molecular flexibility index (Phi) is 9.86. The Labute approximate surface area is 269 Å². The molecule has 1 aliphatic heterocycles. The zero-order valence-corrected chi connectivity index (χ0v) is 26.4. The summed E-state index contributed by atoms with van der Waals surface area (Å²) in [6.45, 7) is 5.02. The Bertz CT molecular complexity index is 1770. The fraction of sp³-hybridized carbons (Fsp3) is 0.250. The van der Waals surface area contributed by atoms with E-state index in [-0.39, 0.29) is 37.4 Å². The van der Waals surface area contributed by atoms with Crippen LogP contribution in [0.3, 0.4) is 0 Å². The summed E-state index contributed by atoms with van der Waals surface area (Å²) in [5.41, 5.74) is 6.34. The van der Waals surface area contributed by atoms with Gasteiger partial charge in [0.05, 0.1) is 23.4 Å². The Morgan fingerprint density at radius 3 is 2.22 bits per heavy atom. The molecule has 2 aromatic heterocycles. The summed E-state index contributed by atoms with van der Waals surface area (Å²) in [6, 6.07) is 29.8. The maximum absolute atomic E-state index is 14.2. The van der Waals surface area contributed by atoms with Crippen LogP contribution in [0.25, 0.3) is 22.2 Å². The average Bonchev–Trinajstić information content (AvgIpc) is 3.35. The van der Waals surface area contributed by atoms with Gasteiger partial charge in [-0.15, -0.1) is 12.4 Å². The van der Waals surface area contributed by atoms with Gasteiger partial charge in [-0.05, 0) is 42.3 Å². The maximum Gasteiger partial charge on any atom is 0.256 e. The Hall–Kier alpha value is -4.66. The molecular formula is C36H38ClN5O3. The van der Waals surface area contributed by atoms with E-state index in [0.717, 1.165) is 44.7 Å². The number of fused-ring (bicyclic) bond motifs is 1. The second kappa shape index (κ2) is 14.0. The van der Waals surface area contributed by atoms with Crippen molar-refractivity contribution < 1.29 is 14.7 Å². The number of carbonyl (C=O) groups is 2. The summed E-state index contributed by atoms with van der Waals surface area (Å²) >= 11 is 0. The van der Waals surface area contributed by atoms with Gasteiger partial charge < -0.3 is 24.4 Å². The van der Waals surface area contributed by atoms with Gasteiger partial charge in [-0.25, -0.2) is 4.98 Å². The summed E-state index contributed by atoms with van der Waals surface area (Å²) in [5.74, 6) is 0.643. The molecule has 0 bridgehead atoms. The van der Waals surface area contributed by atoms with Crippen LogP contribution in [0.5, 0.6) is 0 Å². The van der Waals surface area contributed by atoms with Crippen LogP contribution in [0.4, 0.5) is 5.82 Å². The van der Waals surface area contributed by atoms with Gasteiger partial charge in [-0.2, -0.15) is 0 Å². The lowest BCUT2D eigenvalue weighted by Gasteiger charge is -2.35. The van der Waals surface area contributed by atoms with Gasteiger partial charge in [0.2, 0.25) is 0 Å². The molecule has 6 rings (SSSR count). The van der Waals surface area contributed by atoms with Crippen LogP contribution in [0.1, 0.15) is 31.8 Å². The molecule has 232 valence electrons. The minimum atomic E-state index is -0.170. The predicted octanol–water partition coefficient (Wildman–Crippen LogP) is 5.57. The van der Waals surface area contributed by atoms with Crippen molar-refractivity contribution in [2.45, 2.75) is 13.5 Å². The lowest BCUT2D eigenvalue weighted by Crippen LogP contribution is -2.49. The first kappa shape index (κ1) is 31.8. The third-order valence-corrected chi connectivity index (χ3v) is 8.38. The van der Waals surface area contributed by atoms with Gasteiger partial charge in [-0.1, -0.05) is 72.3 Å². The normalized spacial score (nSPS) is 13.0. The zero-order valence-electron chi connectivity index (χ0n) is 25.6. The van der Waals surface area contributed by atoms with E-state index < -0.39 is 0 Å². The quantitative estimate of drug-likeness (QED) is 0.245. The first-order valence-electron chi connectivity index (χ1n) is 15.0. The second-order valence-corrected chi connectivity index (χ2v) is 11.3. The fourth-order valence-electron chi connectivity index (χ4n) is 6.06. The number of rotatable bonds is 8. The Morgan fingerprint density at radius 1 is 0.889 bits per heavy atom. The van der Waals surface area contributed by atoms with Crippen LogP contribution >= 0.6 is 12.4 Å². The molecule has 8 nitrogen and oxygen atoms in total. The molecular weight excluding hydrogens is 586 g/mol. The molecule has 0 spiro atoms. The largest absolute Gasteiger partial charge is 0.395 e. The number of amides is 2. The van der Waals surface area contributed by atoms with Crippen molar-refractivity contribution in [2.24, 2.45) is 7.05 Å². The van der Waals surface area contributed by atoms with E-state index in [1.165, 1.54) is 0 Å². The molecule has 3 aromatic carbocycles. The van der Waals surface area contributed by atoms with E-state index >= 15 is 0 Å². The van der Waals surface area contributed by atoms with E-state index in [0.29, 0.717) is 38.3 Å². The van der Waals surface area contributed by atoms with Crippen molar-refractivity contribution in [2.75, 3.05) is 44.2 Å². The molecule has 0 saturated carbocycles. The summed E-state index contributed by atoms with van der Waals surface area (Å²) in [6.07, 6.45) is 1.61. The SMILES string of the molecule is Cc1ccc2c(c1)c(C(=O)N1CCN(c3ccc(C(=O)N(CCO)Cc4ccccc4)cn3)CC1)c(-c1ccccc1)n2C.Cl. The first-order valence-corrected chi connectivity index (χ1v) is 15.0. The molecule has 2 amide bonds. The average molecular weight is 624 g/mol. The molecule has 0 aliphatic carbocycles. The van der Waals surface area contributed by atoms with Crippen molar-refractivity contribution in [3.63, 3.8) is 0 Å². The van der Waals surface area contributed by atoms with Crippen LogP contribution in [-0.4, -0.2) is 75.6 Å². The third-order valence-electron chi connectivity index (χ3n) is 8.38. The van der Waals surface area contributed by atoms with E-state index in [1.807, 2.05) is 66.5 Å². The van der Waals surface area contributed by atoms with Crippen LogP contribution in [0.2, 0.25) is 0 Å². The number of nitrogens with zero attached hydrogens (tertiary/aromatic N) is 5. The molecule has 1 saturated heterocycles. The number of benzene rings is 3. The highest BCUT2D eigenvalue weighted by Gasteiger charge is 2.29. The van der Waals surface area contributed by atoms with E-state index in [4.69, 9.17) is 0 Å². The summed E-state index contributed by atoms with van der Waals surface area (Å²) in [5, 5.41) is 10.5. The van der Waals surface area contributed by atoms with Gasteiger partial charge in [0, 0.05) is 63.4 Å². The van der Waals surface area contributed by atoms with Crippen molar-refractivity contribution in [3.05, 3.63) is 119 Å². The van der Waals surface area contributed by atoms with E-state index in [9.17, 15) is 14.7 Å². The molecule has 5 aromatic rings. The first-order chi connectivity index (χ1) is 21.4. The molecule has 0 atom stereocenters. The van der Waals surface area contributed by atoms with E-state index in [1.54, 1.807) is 17.2 Å². The van der Waals surface area contributed by atoms with Crippen molar-refractivity contribution in [3.8, 4) is 11.3 Å². The van der Waals surface area contributed by atoms with Crippen molar-refractivity contribution in [1.29, 1.82) is 0 Å². The summed E-state index contributed by atoms with van der Waals surface area (Å²) in [4.78, 5) is 37.7. The molecule has 1 N–H and O–H groups in total. The number of aliphatic hydroxyl groups excluding tert-OH is 1. The van der Waals surface area contributed by atoms with Crippen LogP contribution in [0, 0.1) is 6.92 Å². The van der Waals surface area contributed by atoms with Gasteiger partial charge in [0.25, 0.3) is 11.8 Å². The Balaban J connectivity index is 0.00000400. The number of aromatic nitrogens is 2. The fourth-order valence-corrected chi connectivity index (χ4v) is 6.06. The van der Waals surface area contributed by atoms with Gasteiger partial charge >= 0.3 is 0 Å². The van der Waals surface area contributed by atoms with Gasteiger partial charge in [0.1, 0.15) is 5.82 Å². The van der Waals surface area contributed by atoms with Crippen LogP contribution in [-0.2, 0) is 13.6 Å². The summed E-state index contributed by atoms with van der Waals surface area (Å²) in [7, 11) is 2.03. The number of aliphatic hydroxyl groups is 1. The molecule has 45 heavy (non-hydrogen) atoms. The number of anilines is 1. The number of piperazine rings is 1. The number of pyridine rings is 1. The molecule has 0 unspecified atom stereocenters. The predicted molar refractivity (Wildman–Crippen MR) is 181 cm³/mol. The highest BCUT2D eigenvalue weighted by atomic mass is 35.5. The molecule has 9 heteroatoms. The highest BCUT2D eigenvalue weighted by molar-refractivity contribution is 6.13. The second-order valence-electron chi connectivity index (χ2n) is 11.3. The van der Waals surface area contributed by atoms with Gasteiger partial charge in [-0.3, -0.25) is 9.59 Å². The topological polar surface area (TPSA) is 81.9 Å². The van der Waals surface area contributed by atoms with Gasteiger partial charge in [0.15, 0.2) is 0 Å². The molecule has 1 fully saturated rings. The third kappa shape index (κ3) is 6.57. The molecule has 3 heterocycles. The molecule has 1 aliphatic rings. The maximum atomic E-state index is 14.2. The Morgan fingerprint density at radius 2 is 1.58 bits per heavy atom. The number of hydrogen-bond donors (Lipinski definition) is 1. The van der Waals surface area contributed by atoms with Crippen LogP contribution < -0.4 is 4.90 Å². The standard InChI is InChI=1S/C36H37N5O3.ClH/c1-26-13-15-31-30(23-26)33(34(38(31)2)28-11-7-4-8-12-28)36(44)40-19-17-39(18-20-40)32-16-14-29(24-37-32)35(43)41(21-22-42)25-27-9-5-3-6-10-27;/h3-16,23-24,42H,17-22,25H2,1-2H3;1H. The number of hydrogen-bond acceptors (Lipinski definition) is 5. The minimum Gasteiger partial charge on any atom is -0.395 e. The molecule has 0 radical (unpaired) electrons. The zero-order chi connectivity index (χ0) is 30.6.